The van der Waals surface area contributed by atoms with E-state index in [1.54, 1.807) is 30.5 Å². The second-order valence-electron chi connectivity index (χ2n) is 5.22. The van der Waals surface area contributed by atoms with E-state index >= 15 is 0 Å². The lowest BCUT2D eigenvalue weighted by Gasteiger charge is -2.18. The van der Waals surface area contributed by atoms with E-state index in [9.17, 15) is 13.7 Å². The lowest BCUT2D eigenvalue weighted by molar-refractivity contribution is 0.445. The van der Waals surface area contributed by atoms with E-state index in [0.29, 0.717) is 29.4 Å². The van der Waals surface area contributed by atoms with Gasteiger partial charge in [0.1, 0.15) is 16.6 Å². The second kappa shape index (κ2) is 8.25. The summed E-state index contributed by atoms with van der Waals surface area (Å²) in [5, 5.41) is 14.8. The number of aryl methyl sites for hydroxylation is 1. The van der Waals surface area contributed by atoms with E-state index in [4.69, 9.17) is 0 Å². The van der Waals surface area contributed by atoms with Gasteiger partial charge in [-0.2, -0.15) is 9.57 Å². The van der Waals surface area contributed by atoms with Gasteiger partial charge >= 0.3 is 0 Å². The van der Waals surface area contributed by atoms with Crippen molar-refractivity contribution in [3.8, 4) is 6.07 Å². The third kappa shape index (κ3) is 4.45. The normalized spacial score (nSPS) is 12.2. The molecule has 0 bridgehead atoms. The van der Waals surface area contributed by atoms with E-state index < -0.39 is 10.0 Å². The fourth-order valence-corrected chi connectivity index (χ4v) is 4.43. The number of hydrogen-bond donors (Lipinski definition) is 1. The molecule has 1 aromatic heterocycles. The maximum Gasteiger partial charge on any atom is 0.243 e. The summed E-state index contributed by atoms with van der Waals surface area (Å²) in [7, 11) is -3.46. The van der Waals surface area contributed by atoms with Gasteiger partial charge in [0.05, 0.1) is 4.90 Å². The van der Waals surface area contributed by atoms with Crippen molar-refractivity contribution < 1.29 is 8.42 Å². The Morgan fingerprint density at radius 2 is 1.96 bits per heavy atom. The van der Waals surface area contributed by atoms with Crippen LogP contribution in [-0.2, 0) is 10.0 Å². The van der Waals surface area contributed by atoms with Gasteiger partial charge in [0.25, 0.3) is 0 Å². The molecule has 6 nitrogen and oxygen atoms in total. The van der Waals surface area contributed by atoms with Gasteiger partial charge in [-0.25, -0.2) is 13.4 Å². The Bertz CT molecular complexity index is 889. The third-order valence-electron chi connectivity index (χ3n) is 3.55. The molecule has 8 heteroatoms. The lowest BCUT2D eigenvalue weighted by Crippen LogP contribution is -2.30. The Morgan fingerprint density at radius 1 is 1.32 bits per heavy atom. The van der Waals surface area contributed by atoms with Crippen molar-refractivity contribution in [1.29, 1.82) is 5.26 Å². The number of anilines is 1. The molecule has 0 amide bonds. The summed E-state index contributed by atoms with van der Waals surface area (Å²) >= 11 is 1.40. The Morgan fingerprint density at radius 3 is 2.44 bits per heavy atom. The monoisotopic (exact) mass is 376 g/mol. The number of nitriles is 1. The van der Waals surface area contributed by atoms with Gasteiger partial charge in [0, 0.05) is 36.1 Å². The van der Waals surface area contributed by atoms with Gasteiger partial charge in [-0.3, -0.25) is 0 Å². The first kappa shape index (κ1) is 19.1. The van der Waals surface area contributed by atoms with Crippen LogP contribution < -0.4 is 5.32 Å². The smallest absolute Gasteiger partial charge is 0.243 e. The first-order valence-electron chi connectivity index (χ1n) is 7.81. The van der Waals surface area contributed by atoms with Gasteiger partial charge in [-0.15, -0.1) is 11.3 Å². The molecule has 0 aliphatic rings. The van der Waals surface area contributed by atoms with E-state index in [0.717, 1.165) is 5.69 Å². The van der Waals surface area contributed by atoms with Gasteiger partial charge in [0.15, 0.2) is 0 Å². The SMILES string of the molecule is CCN(CC)S(=O)(=O)c1ccc(N/C=C(\C#N)c2nc(C)cs2)cc1. The highest BCUT2D eigenvalue weighted by molar-refractivity contribution is 7.89. The number of thiazole rings is 1. The van der Waals surface area contributed by atoms with Crippen LogP contribution in [0.15, 0.2) is 40.7 Å². The molecule has 25 heavy (non-hydrogen) atoms. The number of allylic oxidation sites excluding steroid dienone is 1. The highest BCUT2D eigenvalue weighted by Crippen LogP contribution is 2.21. The predicted octanol–water partition coefficient (Wildman–Crippen LogP) is 3.46. The number of nitrogens with zero attached hydrogens (tertiary/aromatic N) is 3. The minimum atomic E-state index is -3.46. The number of rotatable bonds is 7. The molecule has 0 fully saturated rings. The van der Waals surface area contributed by atoms with Crippen LogP contribution >= 0.6 is 11.3 Å². The molecule has 0 unspecified atom stereocenters. The maximum atomic E-state index is 12.4. The lowest BCUT2D eigenvalue weighted by atomic mass is 10.3. The number of hydrogen-bond acceptors (Lipinski definition) is 6. The Kier molecular flexibility index (Phi) is 6.31. The summed E-state index contributed by atoms with van der Waals surface area (Å²) < 4.78 is 26.3. The van der Waals surface area contributed by atoms with Crippen molar-refractivity contribution in [2.45, 2.75) is 25.7 Å². The second-order valence-corrected chi connectivity index (χ2v) is 8.02. The van der Waals surface area contributed by atoms with E-state index in [2.05, 4.69) is 16.4 Å². The first-order valence-corrected chi connectivity index (χ1v) is 10.1. The minimum absolute atomic E-state index is 0.252. The number of sulfonamides is 1. The molecule has 2 rings (SSSR count). The summed E-state index contributed by atoms with van der Waals surface area (Å²) in [5.41, 5.74) is 1.99. The van der Waals surface area contributed by atoms with Crippen LogP contribution in [0.1, 0.15) is 24.5 Å². The molecule has 0 atom stereocenters. The molecule has 1 N–H and O–H groups in total. The van der Waals surface area contributed by atoms with Crippen molar-refractivity contribution in [2.24, 2.45) is 0 Å². The topological polar surface area (TPSA) is 86.1 Å². The quantitative estimate of drug-likeness (QED) is 0.748. The average Bonchev–Trinajstić information content (AvgIpc) is 3.03. The summed E-state index contributed by atoms with van der Waals surface area (Å²) in [6.07, 6.45) is 1.58. The van der Waals surface area contributed by atoms with Crippen molar-refractivity contribution in [2.75, 3.05) is 18.4 Å². The van der Waals surface area contributed by atoms with Crippen LogP contribution in [-0.4, -0.2) is 30.8 Å². The minimum Gasteiger partial charge on any atom is -0.360 e. The third-order valence-corrected chi connectivity index (χ3v) is 6.61. The zero-order valence-electron chi connectivity index (χ0n) is 14.4. The summed E-state index contributed by atoms with van der Waals surface area (Å²) in [5.74, 6) is 0. The standard InChI is InChI=1S/C17H20N4O2S2/c1-4-21(5-2)25(22,23)16-8-6-15(7-9-16)19-11-14(10-18)17-20-13(3)12-24-17/h6-9,11-12,19H,4-5H2,1-3H3/b14-11+. The molecule has 1 heterocycles. The molecule has 0 aliphatic carbocycles. The molecule has 0 saturated heterocycles. The molecule has 0 spiro atoms. The van der Waals surface area contributed by atoms with E-state index in [1.165, 1.54) is 15.6 Å². The fourth-order valence-electron chi connectivity index (χ4n) is 2.21. The molecular formula is C17H20N4O2S2. The van der Waals surface area contributed by atoms with Crippen LogP contribution in [0.4, 0.5) is 5.69 Å². The highest BCUT2D eigenvalue weighted by atomic mass is 32.2. The molecule has 0 aliphatic heterocycles. The van der Waals surface area contributed by atoms with Gasteiger partial charge in [0.2, 0.25) is 10.0 Å². The fraction of sp³-hybridized carbons (Fsp3) is 0.294. The zero-order valence-corrected chi connectivity index (χ0v) is 16.0. The van der Waals surface area contributed by atoms with Gasteiger partial charge in [-0.05, 0) is 31.2 Å². The number of nitrogens with one attached hydrogen (secondary N) is 1. The molecule has 0 radical (unpaired) electrons. The largest absolute Gasteiger partial charge is 0.360 e. The Labute approximate surface area is 152 Å². The van der Waals surface area contributed by atoms with Crippen molar-refractivity contribution in [3.63, 3.8) is 0 Å². The van der Waals surface area contributed by atoms with Crippen LogP contribution in [0, 0.1) is 18.3 Å². The van der Waals surface area contributed by atoms with Crippen LogP contribution in [0.3, 0.4) is 0 Å². The molecule has 1 aromatic carbocycles. The highest BCUT2D eigenvalue weighted by Gasteiger charge is 2.21. The van der Waals surface area contributed by atoms with Crippen molar-refractivity contribution in [1.82, 2.24) is 9.29 Å². The van der Waals surface area contributed by atoms with E-state index in [1.807, 2.05) is 26.2 Å². The Balaban J connectivity index is 2.18. The maximum absolute atomic E-state index is 12.4. The van der Waals surface area contributed by atoms with Crippen LogP contribution in [0.5, 0.6) is 0 Å². The summed E-state index contributed by atoms with van der Waals surface area (Å²) in [6, 6.07) is 8.58. The Hall–Kier alpha value is -2.21. The average molecular weight is 377 g/mol. The van der Waals surface area contributed by atoms with E-state index in [-0.39, 0.29) is 4.90 Å². The summed E-state index contributed by atoms with van der Waals surface area (Å²) in [6.45, 7) is 6.36. The van der Waals surface area contributed by atoms with Crippen molar-refractivity contribution in [3.05, 3.63) is 46.5 Å². The van der Waals surface area contributed by atoms with Crippen LogP contribution in [0.2, 0.25) is 0 Å². The molecule has 0 saturated carbocycles. The molecule has 2 aromatic rings. The predicted molar refractivity (Wildman–Crippen MR) is 101 cm³/mol. The van der Waals surface area contributed by atoms with Gasteiger partial charge in [-0.1, -0.05) is 13.8 Å². The molecule has 132 valence electrons. The zero-order chi connectivity index (χ0) is 18.4. The van der Waals surface area contributed by atoms with Crippen LogP contribution in [0.25, 0.3) is 5.57 Å². The van der Waals surface area contributed by atoms with Crippen molar-refractivity contribution >= 4 is 32.6 Å². The first-order chi connectivity index (χ1) is 11.9. The number of benzene rings is 1. The van der Waals surface area contributed by atoms with Gasteiger partial charge < -0.3 is 5.32 Å². The summed E-state index contributed by atoms with van der Waals surface area (Å²) in [4.78, 5) is 4.53. The number of aromatic nitrogens is 1. The molecular weight excluding hydrogens is 356 g/mol.